The first-order valence-electron chi connectivity index (χ1n) is 6.89. The summed E-state index contributed by atoms with van der Waals surface area (Å²) in [4.78, 5) is 42.0. The van der Waals surface area contributed by atoms with Crippen molar-refractivity contribution in [3.8, 4) is 5.75 Å². The first-order chi connectivity index (χ1) is 10.5. The van der Waals surface area contributed by atoms with Gasteiger partial charge in [0.25, 0.3) is 11.8 Å². The molecule has 7 nitrogen and oxygen atoms in total. The zero-order valence-electron chi connectivity index (χ0n) is 12.8. The molecule has 1 heterocycles. The molecule has 118 valence electrons. The van der Waals surface area contributed by atoms with Gasteiger partial charge in [0.2, 0.25) is 0 Å². The number of hydrogen-bond acceptors (Lipinski definition) is 5. The molecule has 0 radical (unpaired) electrons. The average Bonchev–Trinajstić information content (AvgIpc) is 2.55. The molecule has 0 atom stereocenters. The fourth-order valence-corrected chi connectivity index (χ4v) is 2.09. The molecule has 0 spiro atoms. The third kappa shape index (κ3) is 3.09. The second-order valence-electron chi connectivity index (χ2n) is 4.80. The van der Waals surface area contributed by atoms with Crippen LogP contribution in [0.2, 0.25) is 0 Å². The SMILES string of the molecule is CCC(=O)c1ccc2c(c1)N(CC(=O)N(C)OC)C(=O)CO2. The van der Waals surface area contributed by atoms with Crippen LogP contribution in [0.5, 0.6) is 5.75 Å². The molecule has 0 aromatic heterocycles. The zero-order valence-corrected chi connectivity index (χ0v) is 12.8. The summed E-state index contributed by atoms with van der Waals surface area (Å²) in [6, 6.07) is 4.88. The van der Waals surface area contributed by atoms with E-state index in [1.54, 1.807) is 25.1 Å². The van der Waals surface area contributed by atoms with E-state index in [2.05, 4.69) is 0 Å². The summed E-state index contributed by atoms with van der Waals surface area (Å²) < 4.78 is 5.34. The summed E-state index contributed by atoms with van der Waals surface area (Å²) in [5.74, 6) is -0.288. The van der Waals surface area contributed by atoms with Gasteiger partial charge in [-0.1, -0.05) is 6.92 Å². The predicted octanol–water partition coefficient (Wildman–Crippen LogP) is 1.02. The lowest BCUT2D eigenvalue weighted by Gasteiger charge is -2.30. The van der Waals surface area contributed by atoms with E-state index < -0.39 is 0 Å². The van der Waals surface area contributed by atoms with Crippen molar-refractivity contribution in [1.29, 1.82) is 0 Å². The van der Waals surface area contributed by atoms with Gasteiger partial charge in [-0.2, -0.15) is 0 Å². The van der Waals surface area contributed by atoms with Gasteiger partial charge >= 0.3 is 0 Å². The number of nitrogens with zero attached hydrogens (tertiary/aromatic N) is 2. The summed E-state index contributed by atoms with van der Waals surface area (Å²) in [5, 5.41) is 1.05. The number of carbonyl (C=O) groups excluding carboxylic acids is 3. The number of fused-ring (bicyclic) bond motifs is 1. The molecule has 2 amide bonds. The standard InChI is InChI=1S/C15H18N2O5/c1-4-12(18)10-5-6-13-11(7-10)17(15(20)9-22-13)8-14(19)16(2)21-3/h5-7H,4,8-9H2,1-3H3. The van der Waals surface area contributed by atoms with Crippen molar-refractivity contribution in [2.24, 2.45) is 0 Å². The van der Waals surface area contributed by atoms with Crippen LogP contribution in [-0.2, 0) is 14.4 Å². The van der Waals surface area contributed by atoms with E-state index in [0.717, 1.165) is 5.06 Å². The average molecular weight is 306 g/mol. The highest BCUT2D eigenvalue weighted by Gasteiger charge is 2.29. The van der Waals surface area contributed by atoms with Crippen LogP contribution in [0.1, 0.15) is 23.7 Å². The molecule has 0 saturated carbocycles. The Morgan fingerprint density at radius 2 is 2.14 bits per heavy atom. The summed E-state index contributed by atoms with van der Waals surface area (Å²) in [7, 11) is 2.83. The van der Waals surface area contributed by atoms with Crippen molar-refractivity contribution >= 4 is 23.3 Å². The highest BCUT2D eigenvalue weighted by Crippen LogP contribution is 2.33. The molecule has 0 unspecified atom stereocenters. The Bertz CT molecular complexity index is 614. The number of ether oxygens (including phenoxy) is 1. The van der Waals surface area contributed by atoms with Gasteiger partial charge in [-0.05, 0) is 18.2 Å². The largest absolute Gasteiger partial charge is 0.482 e. The number of benzene rings is 1. The molecule has 0 aliphatic carbocycles. The molecule has 1 aliphatic rings. The lowest BCUT2D eigenvalue weighted by molar-refractivity contribution is -0.167. The molecule has 2 rings (SSSR count). The molecule has 1 aromatic carbocycles. The lowest BCUT2D eigenvalue weighted by Crippen LogP contribution is -2.45. The lowest BCUT2D eigenvalue weighted by atomic mass is 10.1. The third-order valence-electron chi connectivity index (χ3n) is 3.46. The number of anilines is 1. The minimum atomic E-state index is -0.379. The molecule has 0 fully saturated rings. The van der Waals surface area contributed by atoms with E-state index in [9.17, 15) is 14.4 Å². The van der Waals surface area contributed by atoms with Crippen LogP contribution in [-0.4, -0.2) is 50.0 Å². The minimum absolute atomic E-state index is 0.0406. The van der Waals surface area contributed by atoms with Crippen molar-refractivity contribution in [2.75, 3.05) is 32.2 Å². The first-order valence-corrected chi connectivity index (χ1v) is 6.89. The monoisotopic (exact) mass is 306 g/mol. The van der Waals surface area contributed by atoms with Gasteiger partial charge in [-0.25, -0.2) is 5.06 Å². The van der Waals surface area contributed by atoms with Gasteiger partial charge in [-0.3, -0.25) is 24.1 Å². The van der Waals surface area contributed by atoms with Crippen LogP contribution < -0.4 is 9.64 Å². The Morgan fingerprint density at radius 1 is 1.41 bits per heavy atom. The van der Waals surface area contributed by atoms with Crippen LogP contribution >= 0.6 is 0 Å². The van der Waals surface area contributed by atoms with E-state index >= 15 is 0 Å². The number of ketones is 1. The van der Waals surface area contributed by atoms with E-state index in [0.29, 0.717) is 23.4 Å². The van der Waals surface area contributed by atoms with Crippen molar-refractivity contribution in [1.82, 2.24) is 5.06 Å². The maximum Gasteiger partial charge on any atom is 0.265 e. The van der Waals surface area contributed by atoms with Crippen molar-refractivity contribution in [3.05, 3.63) is 23.8 Å². The van der Waals surface area contributed by atoms with Crippen LogP contribution in [0.25, 0.3) is 0 Å². The summed E-state index contributed by atoms with van der Waals surface area (Å²) in [6.07, 6.45) is 0.360. The molecular formula is C15H18N2O5. The number of likely N-dealkylation sites (N-methyl/N-ethyl adjacent to an activating group) is 1. The highest BCUT2D eigenvalue weighted by atomic mass is 16.7. The molecule has 7 heteroatoms. The second-order valence-corrected chi connectivity index (χ2v) is 4.80. The van der Waals surface area contributed by atoms with Crippen molar-refractivity contribution in [2.45, 2.75) is 13.3 Å². The maximum absolute atomic E-state index is 12.1. The van der Waals surface area contributed by atoms with Crippen LogP contribution in [0.4, 0.5) is 5.69 Å². The smallest absolute Gasteiger partial charge is 0.265 e. The van der Waals surface area contributed by atoms with Gasteiger partial charge < -0.3 is 4.74 Å². The Kier molecular flexibility index (Phi) is 4.77. The fraction of sp³-hybridized carbons (Fsp3) is 0.400. The normalized spacial score (nSPS) is 13.4. The quantitative estimate of drug-likeness (QED) is 0.600. The Balaban J connectivity index is 2.34. The molecular weight excluding hydrogens is 288 g/mol. The number of amides is 2. The van der Waals surface area contributed by atoms with Gasteiger partial charge in [0.05, 0.1) is 12.8 Å². The zero-order chi connectivity index (χ0) is 16.3. The van der Waals surface area contributed by atoms with Crippen LogP contribution in [0.3, 0.4) is 0 Å². The number of carbonyl (C=O) groups is 3. The third-order valence-corrected chi connectivity index (χ3v) is 3.46. The van der Waals surface area contributed by atoms with E-state index in [1.165, 1.54) is 19.1 Å². The Hall–Kier alpha value is -2.41. The molecule has 1 aliphatic heterocycles. The summed E-state index contributed by atoms with van der Waals surface area (Å²) in [5.41, 5.74) is 0.908. The van der Waals surface area contributed by atoms with Crippen molar-refractivity contribution < 1.29 is 24.0 Å². The fourth-order valence-electron chi connectivity index (χ4n) is 2.09. The maximum atomic E-state index is 12.1. The summed E-state index contributed by atoms with van der Waals surface area (Å²) in [6.45, 7) is 1.44. The molecule has 0 N–H and O–H groups in total. The van der Waals surface area contributed by atoms with Crippen LogP contribution in [0, 0.1) is 0 Å². The highest BCUT2D eigenvalue weighted by molar-refractivity contribution is 6.04. The number of Topliss-reactive ketones (excluding diaryl/α,β-unsaturated/α-hetero) is 1. The minimum Gasteiger partial charge on any atom is -0.482 e. The first kappa shape index (κ1) is 16.0. The Labute approximate surface area is 128 Å². The van der Waals surface area contributed by atoms with Gasteiger partial charge in [0.1, 0.15) is 12.3 Å². The molecule has 0 saturated heterocycles. The van der Waals surface area contributed by atoms with E-state index in [1.807, 2.05) is 0 Å². The molecule has 0 bridgehead atoms. The summed E-state index contributed by atoms with van der Waals surface area (Å²) >= 11 is 0. The predicted molar refractivity (Wildman–Crippen MR) is 78.7 cm³/mol. The second kappa shape index (κ2) is 6.57. The van der Waals surface area contributed by atoms with Gasteiger partial charge in [0.15, 0.2) is 12.4 Å². The van der Waals surface area contributed by atoms with E-state index in [-0.39, 0.29) is 30.7 Å². The van der Waals surface area contributed by atoms with Gasteiger partial charge in [-0.15, -0.1) is 0 Å². The number of hydrogen-bond donors (Lipinski definition) is 0. The molecule has 22 heavy (non-hydrogen) atoms. The van der Waals surface area contributed by atoms with Gasteiger partial charge in [0, 0.05) is 19.0 Å². The number of rotatable bonds is 5. The Morgan fingerprint density at radius 3 is 2.77 bits per heavy atom. The van der Waals surface area contributed by atoms with Crippen molar-refractivity contribution in [3.63, 3.8) is 0 Å². The molecule has 1 aromatic rings. The number of hydroxylamine groups is 2. The van der Waals surface area contributed by atoms with E-state index in [4.69, 9.17) is 9.57 Å². The topological polar surface area (TPSA) is 76.2 Å². The van der Waals surface area contributed by atoms with Crippen LogP contribution in [0.15, 0.2) is 18.2 Å².